The van der Waals surface area contributed by atoms with Crippen LogP contribution in [0.5, 0.6) is 0 Å². The molecule has 0 spiro atoms. The SMILES string of the molecule is Cc1nnc(-c2ccnnc2)nn1. The maximum atomic E-state index is 3.86. The number of aryl methyl sites for hydroxylation is 1. The standard InChI is InChI=1S/C7H6N6/c1-5-10-12-7(13-11-5)6-2-3-8-9-4-6/h2-4H,1H3. The van der Waals surface area contributed by atoms with Crippen molar-refractivity contribution in [2.24, 2.45) is 0 Å². The highest BCUT2D eigenvalue weighted by molar-refractivity contribution is 5.50. The molecule has 0 N–H and O–H groups in total. The maximum absolute atomic E-state index is 3.86. The molecule has 0 unspecified atom stereocenters. The summed E-state index contributed by atoms with van der Waals surface area (Å²) in [6, 6.07) is 1.75. The summed E-state index contributed by atoms with van der Waals surface area (Å²) in [7, 11) is 0. The molecule has 0 amide bonds. The van der Waals surface area contributed by atoms with Gasteiger partial charge in [-0.05, 0) is 13.0 Å². The summed E-state index contributed by atoms with van der Waals surface area (Å²) < 4.78 is 0. The van der Waals surface area contributed by atoms with Gasteiger partial charge in [-0.1, -0.05) is 0 Å². The van der Waals surface area contributed by atoms with E-state index in [9.17, 15) is 0 Å². The number of rotatable bonds is 1. The minimum Gasteiger partial charge on any atom is -0.159 e. The highest BCUT2D eigenvalue weighted by atomic mass is 15.3. The zero-order valence-electron chi connectivity index (χ0n) is 6.92. The third-order valence-electron chi connectivity index (χ3n) is 1.42. The van der Waals surface area contributed by atoms with E-state index in [4.69, 9.17) is 0 Å². The fraction of sp³-hybridized carbons (Fsp3) is 0.143. The van der Waals surface area contributed by atoms with Crippen LogP contribution in [-0.2, 0) is 0 Å². The van der Waals surface area contributed by atoms with Crippen LogP contribution in [0.2, 0.25) is 0 Å². The average Bonchev–Trinajstić information content (AvgIpc) is 2.20. The maximum Gasteiger partial charge on any atom is 0.205 e. The highest BCUT2D eigenvalue weighted by Gasteiger charge is 2.01. The third kappa shape index (κ3) is 1.61. The second kappa shape index (κ2) is 3.18. The van der Waals surface area contributed by atoms with Gasteiger partial charge in [-0.25, -0.2) is 0 Å². The van der Waals surface area contributed by atoms with Gasteiger partial charge in [0.25, 0.3) is 0 Å². The van der Waals surface area contributed by atoms with Gasteiger partial charge in [0.05, 0.1) is 12.4 Å². The Labute approximate surface area is 74.1 Å². The lowest BCUT2D eigenvalue weighted by molar-refractivity contribution is 0.814. The minimum atomic E-state index is 0.459. The molecule has 0 bridgehead atoms. The predicted octanol–water partition coefficient (Wildman–Crippen LogP) is 0.0320. The normalized spacial score (nSPS) is 9.92. The highest BCUT2D eigenvalue weighted by Crippen LogP contribution is 2.08. The largest absolute Gasteiger partial charge is 0.205 e. The third-order valence-corrected chi connectivity index (χ3v) is 1.42. The van der Waals surface area contributed by atoms with Crippen molar-refractivity contribution in [3.8, 4) is 11.4 Å². The van der Waals surface area contributed by atoms with Gasteiger partial charge in [0.2, 0.25) is 5.82 Å². The zero-order valence-corrected chi connectivity index (χ0v) is 6.92. The van der Waals surface area contributed by atoms with E-state index < -0.39 is 0 Å². The molecule has 0 saturated carbocycles. The summed E-state index contributed by atoms with van der Waals surface area (Å²) in [6.07, 6.45) is 3.13. The van der Waals surface area contributed by atoms with Gasteiger partial charge in [-0.3, -0.25) is 0 Å². The van der Waals surface area contributed by atoms with Gasteiger partial charge in [0.15, 0.2) is 5.82 Å². The molecule has 2 aromatic heterocycles. The first kappa shape index (κ1) is 7.66. The van der Waals surface area contributed by atoms with Crippen LogP contribution >= 0.6 is 0 Å². The smallest absolute Gasteiger partial charge is 0.159 e. The Kier molecular flexibility index (Phi) is 1.87. The zero-order chi connectivity index (χ0) is 9.10. The van der Waals surface area contributed by atoms with Crippen molar-refractivity contribution in [1.29, 1.82) is 0 Å². The molecule has 64 valence electrons. The molecule has 0 atom stereocenters. The van der Waals surface area contributed by atoms with E-state index in [1.54, 1.807) is 25.4 Å². The monoisotopic (exact) mass is 174 g/mol. The number of aromatic nitrogens is 6. The molecule has 0 radical (unpaired) electrons. The Bertz CT molecular complexity index is 383. The molecule has 2 heterocycles. The fourth-order valence-corrected chi connectivity index (χ4v) is 0.818. The van der Waals surface area contributed by atoms with Gasteiger partial charge in [-0.2, -0.15) is 10.2 Å². The van der Waals surface area contributed by atoms with Crippen molar-refractivity contribution in [3.63, 3.8) is 0 Å². The minimum absolute atomic E-state index is 0.459. The van der Waals surface area contributed by atoms with Gasteiger partial charge in [-0.15, -0.1) is 20.4 Å². The Morgan fingerprint density at radius 3 is 2.38 bits per heavy atom. The molecule has 13 heavy (non-hydrogen) atoms. The Morgan fingerprint density at radius 1 is 1.00 bits per heavy atom. The first-order chi connectivity index (χ1) is 6.36. The summed E-state index contributed by atoms with van der Waals surface area (Å²) in [5.41, 5.74) is 0.759. The molecule has 2 aromatic rings. The summed E-state index contributed by atoms with van der Waals surface area (Å²) in [5.74, 6) is 1.01. The number of hydrogen-bond acceptors (Lipinski definition) is 6. The molecule has 2 rings (SSSR count). The fourth-order valence-electron chi connectivity index (χ4n) is 0.818. The molecule has 0 aromatic carbocycles. The lowest BCUT2D eigenvalue weighted by Gasteiger charge is -1.94. The molecule has 0 aliphatic rings. The van der Waals surface area contributed by atoms with E-state index in [1.807, 2.05) is 0 Å². The lowest BCUT2D eigenvalue weighted by Crippen LogP contribution is -1.98. The van der Waals surface area contributed by atoms with Crippen LogP contribution in [0.15, 0.2) is 18.5 Å². The van der Waals surface area contributed by atoms with Crippen LogP contribution in [-0.4, -0.2) is 30.6 Å². The molecule has 6 heteroatoms. The number of nitrogens with zero attached hydrogens (tertiary/aromatic N) is 6. The van der Waals surface area contributed by atoms with E-state index in [1.165, 1.54) is 0 Å². The van der Waals surface area contributed by atoms with Gasteiger partial charge >= 0.3 is 0 Å². The van der Waals surface area contributed by atoms with Crippen LogP contribution in [0.4, 0.5) is 0 Å². The van der Waals surface area contributed by atoms with Gasteiger partial charge in [0.1, 0.15) is 0 Å². The Morgan fingerprint density at radius 2 is 1.77 bits per heavy atom. The van der Waals surface area contributed by atoms with Crippen LogP contribution in [0, 0.1) is 6.92 Å². The second-order valence-corrected chi connectivity index (χ2v) is 2.40. The molecule has 0 aliphatic heterocycles. The molecular formula is C7H6N6. The summed E-state index contributed by atoms with van der Waals surface area (Å²) in [5, 5.41) is 22.6. The average molecular weight is 174 g/mol. The molecular weight excluding hydrogens is 168 g/mol. The summed E-state index contributed by atoms with van der Waals surface area (Å²) in [6.45, 7) is 1.73. The van der Waals surface area contributed by atoms with E-state index in [0.717, 1.165) is 5.56 Å². The van der Waals surface area contributed by atoms with Crippen molar-refractivity contribution >= 4 is 0 Å². The second-order valence-electron chi connectivity index (χ2n) is 2.40. The van der Waals surface area contributed by atoms with Crippen LogP contribution in [0.25, 0.3) is 11.4 Å². The summed E-state index contributed by atoms with van der Waals surface area (Å²) >= 11 is 0. The predicted molar refractivity (Wildman–Crippen MR) is 43.4 cm³/mol. The van der Waals surface area contributed by atoms with Crippen molar-refractivity contribution in [2.75, 3.05) is 0 Å². The molecule has 0 fully saturated rings. The Hall–Kier alpha value is -1.98. The van der Waals surface area contributed by atoms with Crippen molar-refractivity contribution in [1.82, 2.24) is 30.6 Å². The van der Waals surface area contributed by atoms with E-state index in [-0.39, 0.29) is 0 Å². The molecule has 0 aliphatic carbocycles. The van der Waals surface area contributed by atoms with Crippen LogP contribution < -0.4 is 0 Å². The number of hydrogen-bond donors (Lipinski definition) is 0. The summed E-state index contributed by atoms with van der Waals surface area (Å²) in [4.78, 5) is 0. The first-order valence-electron chi connectivity index (χ1n) is 3.67. The van der Waals surface area contributed by atoms with Gasteiger partial charge in [0, 0.05) is 5.56 Å². The Balaban J connectivity index is 2.42. The quantitative estimate of drug-likeness (QED) is 0.607. The lowest BCUT2D eigenvalue weighted by atomic mass is 10.3. The van der Waals surface area contributed by atoms with Crippen molar-refractivity contribution in [2.45, 2.75) is 6.92 Å². The van der Waals surface area contributed by atoms with Crippen molar-refractivity contribution in [3.05, 3.63) is 24.3 Å². The van der Waals surface area contributed by atoms with Gasteiger partial charge < -0.3 is 0 Å². The van der Waals surface area contributed by atoms with E-state index in [2.05, 4.69) is 30.6 Å². The molecule has 0 saturated heterocycles. The molecule has 6 nitrogen and oxygen atoms in total. The first-order valence-corrected chi connectivity index (χ1v) is 3.67. The van der Waals surface area contributed by atoms with Crippen molar-refractivity contribution < 1.29 is 0 Å². The van der Waals surface area contributed by atoms with E-state index >= 15 is 0 Å². The topological polar surface area (TPSA) is 77.3 Å². The van der Waals surface area contributed by atoms with Crippen LogP contribution in [0.3, 0.4) is 0 Å². The van der Waals surface area contributed by atoms with E-state index in [0.29, 0.717) is 11.6 Å². The van der Waals surface area contributed by atoms with Crippen LogP contribution in [0.1, 0.15) is 5.82 Å².